The molecule has 18 heavy (non-hydrogen) atoms. The van der Waals surface area contributed by atoms with Crippen LogP contribution in [-0.2, 0) is 13.1 Å². The van der Waals surface area contributed by atoms with E-state index in [0.29, 0.717) is 5.75 Å². The predicted octanol–water partition coefficient (Wildman–Crippen LogP) is 3.06. The van der Waals surface area contributed by atoms with Crippen molar-refractivity contribution in [3.8, 4) is 5.75 Å². The Hall–Kier alpha value is -1.39. The monoisotopic (exact) mass is 262 g/mol. The highest BCUT2D eigenvalue weighted by Crippen LogP contribution is 2.22. The van der Waals surface area contributed by atoms with Gasteiger partial charge in [-0.3, -0.25) is 0 Å². The molecular formula is C14H18N2OS. The summed E-state index contributed by atoms with van der Waals surface area (Å²) in [5.74, 6) is 0.400. The average molecular weight is 262 g/mol. The van der Waals surface area contributed by atoms with Gasteiger partial charge in [-0.15, -0.1) is 11.3 Å². The number of benzene rings is 1. The Kier molecular flexibility index (Phi) is 3.99. The summed E-state index contributed by atoms with van der Waals surface area (Å²) in [6.45, 7) is 7.51. The zero-order valence-corrected chi connectivity index (χ0v) is 11.8. The number of phenols is 1. The van der Waals surface area contributed by atoms with Crippen molar-refractivity contribution >= 4 is 11.3 Å². The van der Waals surface area contributed by atoms with Gasteiger partial charge in [-0.25, -0.2) is 4.98 Å². The SMILES string of the molecule is Cc1ncc(CNCc2cc(C)c(O)c(C)c2)s1. The number of aromatic nitrogens is 1. The quantitative estimate of drug-likeness (QED) is 0.890. The smallest absolute Gasteiger partial charge is 0.121 e. The number of nitrogens with one attached hydrogen (secondary N) is 1. The summed E-state index contributed by atoms with van der Waals surface area (Å²) < 4.78 is 0. The zero-order chi connectivity index (χ0) is 13.1. The van der Waals surface area contributed by atoms with E-state index >= 15 is 0 Å². The third-order valence-electron chi connectivity index (χ3n) is 2.85. The molecule has 2 aromatic rings. The second-order valence-corrected chi connectivity index (χ2v) is 5.85. The van der Waals surface area contributed by atoms with E-state index in [1.807, 2.05) is 39.1 Å². The number of nitrogens with zero attached hydrogens (tertiary/aromatic N) is 1. The molecule has 0 saturated heterocycles. The lowest BCUT2D eigenvalue weighted by molar-refractivity contribution is 0.466. The molecule has 0 aliphatic rings. The van der Waals surface area contributed by atoms with E-state index in [0.717, 1.165) is 29.2 Å². The molecule has 96 valence electrons. The van der Waals surface area contributed by atoms with Crippen LogP contribution in [0.4, 0.5) is 0 Å². The van der Waals surface area contributed by atoms with E-state index in [-0.39, 0.29) is 0 Å². The standard InChI is InChI=1S/C14H18N2OS/c1-9-4-12(5-10(2)14(9)17)6-15-7-13-8-16-11(3)18-13/h4-5,8,15,17H,6-7H2,1-3H3. The molecule has 0 amide bonds. The fourth-order valence-electron chi connectivity index (χ4n) is 1.96. The van der Waals surface area contributed by atoms with Gasteiger partial charge in [0.05, 0.1) is 5.01 Å². The Balaban J connectivity index is 1.94. The van der Waals surface area contributed by atoms with Crippen LogP contribution in [0.5, 0.6) is 5.75 Å². The second-order valence-electron chi connectivity index (χ2n) is 4.53. The van der Waals surface area contributed by atoms with Crippen LogP contribution in [0.25, 0.3) is 0 Å². The van der Waals surface area contributed by atoms with Crippen molar-refractivity contribution in [2.24, 2.45) is 0 Å². The van der Waals surface area contributed by atoms with Gasteiger partial charge in [-0.1, -0.05) is 12.1 Å². The van der Waals surface area contributed by atoms with Crippen LogP contribution < -0.4 is 5.32 Å². The van der Waals surface area contributed by atoms with E-state index in [2.05, 4.69) is 10.3 Å². The van der Waals surface area contributed by atoms with Gasteiger partial charge in [-0.05, 0) is 37.5 Å². The molecule has 4 heteroatoms. The molecule has 1 aromatic carbocycles. The van der Waals surface area contributed by atoms with Crippen LogP contribution in [0.15, 0.2) is 18.3 Å². The minimum Gasteiger partial charge on any atom is -0.507 e. The molecule has 0 atom stereocenters. The minimum absolute atomic E-state index is 0.400. The third kappa shape index (κ3) is 3.09. The molecule has 3 nitrogen and oxygen atoms in total. The van der Waals surface area contributed by atoms with Gasteiger partial charge in [0.25, 0.3) is 0 Å². The first-order chi connectivity index (χ1) is 8.56. The Morgan fingerprint density at radius 2 is 1.83 bits per heavy atom. The Bertz CT molecular complexity index is 525. The molecule has 1 heterocycles. The summed E-state index contributed by atoms with van der Waals surface area (Å²) in [6.07, 6.45) is 1.92. The molecule has 2 rings (SSSR count). The summed E-state index contributed by atoms with van der Waals surface area (Å²) in [4.78, 5) is 5.48. The topological polar surface area (TPSA) is 45.2 Å². The van der Waals surface area contributed by atoms with Crippen molar-refractivity contribution in [1.29, 1.82) is 0 Å². The van der Waals surface area contributed by atoms with E-state index in [4.69, 9.17) is 0 Å². The summed E-state index contributed by atoms with van der Waals surface area (Å²) in [5.41, 5.74) is 3.06. The van der Waals surface area contributed by atoms with E-state index in [1.165, 1.54) is 10.4 Å². The molecule has 0 fully saturated rings. The highest BCUT2D eigenvalue weighted by molar-refractivity contribution is 7.11. The molecular weight excluding hydrogens is 244 g/mol. The number of phenolic OH excluding ortho intramolecular Hbond substituents is 1. The van der Waals surface area contributed by atoms with Gasteiger partial charge < -0.3 is 10.4 Å². The first-order valence-electron chi connectivity index (χ1n) is 5.97. The molecule has 1 aromatic heterocycles. The van der Waals surface area contributed by atoms with Crippen molar-refractivity contribution in [2.75, 3.05) is 0 Å². The van der Waals surface area contributed by atoms with Crippen molar-refractivity contribution in [1.82, 2.24) is 10.3 Å². The number of aryl methyl sites for hydroxylation is 3. The van der Waals surface area contributed by atoms with Crippen LogP contribution in [0.3, 0.4) is 0 Å². The van der Waals surface area contributed by atoms with Gasteiger partial charge in [0.1, 0.15) is 5.75 Å². The fraction of sp³-hybridized carbons (Fsp3) is 0.357. The lowest BCUT2D eigenvalue weighted by Crippen LogP contribution is -2.12. The van der Waals surface area contributed by atoms with E-state index in [1.54, 1.807) is 11.3 Å². The highest BCUT2D eigenvalue weighted by atomic mass is 32.1. The number of thiazole rings is 1. The number of rotatable bonds is 4. The Morgan fingerprint density at radius 1 is 1.17 bits per heavy atom. The maximum Gasteiger partial charge on any atom is 0.121 e. The maximum absolute atomic E-state index is 9.71. The Labute approximate surface area is 112 Å². The normalized spacial score (nSPS) is 10.8. The molecule has 0 saturated carbocycles. The van der Waals surface area contributed by atoms with Gasteiger partial charge in [0, 0.05) is 24.2 Å². The lowest BCUT2D eigenvalue weighted by atomic mass is 10.1. The summed E-state index contributed by atoms with van der Waals surface area (Å²) in [7, 11) is 0. The van der Waals surface area contributed by atoms with Crippen molar-refractivity contribution < 1.29 is 5.11 Å². The molecule has 0 radical (unpaired) electrons. The van der Waals surface area contributed by atoms with Gasteiger partial charge in [0.15, 0.2) is 0 Å². The molecule has 0 unspecified atom stereocenters. The number of aromatic hydroxyl groups is 1. The van der Waals surface area contributed by atoms with Crippen molar-refractivity contribution in [2.45, 2.75) is 33.9 Å². The van der Waals surface area contributed by atoms with Crippen molar-refractivity contribution in [3.63, 3.8) is 0 Å². The first-order valence-corrected chi connectivity index (χ1v) is 6.79. The van der Waals surface area contributed by atoms with Gasteiger partial charge >= 0.3 is 0 Å². The largest absolute Gasteiger partial charge is 0.507 e. The molecule has 0 aliphatic carbocycles. The number of hydrogen-bond donors (Lipinski definition) is 2. The molecule has 0 aliphatic heterocycles. The lowest BCUT2D eigenvalue weighted by Gasteiger charge is -2.08. The van der Waals surface area contributed by atoms with E-state index in [9.17, 15) is 5.11 Å². The van der Waals surface area contributed by atoms with Crippen LogP contribution in [-0.4, -0.2) is 10.1 Å². The fourth-order valence-corrected chi connectivity index (χ4v) is 2.73. The summed E-state index contributed by atoms with van der Waals surface area (Å²) in [6, 6.07) is 4.04. The first kappa shape index (κ1) is 13.1. The number of hydrogen-bond acceptors (Lipinski definition) is 4. The highest BCUT2D eigenvalue weighted by Gasteiger charge is 2.03. The van der Waals surface area contributed by atoms with Crippen LogP contribution in [0.2, 0.25) is 0 Å². The predicted molar refractivity (Wildman–Crippen MR) is 75.0 cm³/mol. The van der Waals surface area contributed by atoms with E-state index < -0.39 is 0 Å². The molecule has 2 N–H and O–H groups in total. The van der Waals surface area contributed by atoms with Crippen LogP contribution in [0.1, 0.15) is 26.6 Å². The average Bonchev–Trinajstić information content (AvgIpc) is 2.72. The zero-order valence-electron chi connectivity index (χ0n) is 10.9. The molecule has 0 spiro atoms. The third-order valence-corrected chi connectivity index (χ3v) is 3.76. The summed E-state index contributed by atoms with van der Waals surface area (Å²) in [5, 5.41) is 14.2. The second kappa shape index (κ2) is 5.50. The van der Waals surface area contributed by atoms with Gasteiger partial charge in [-0.2, -0.15) is 0 Å². The van der Waals surface area contributed by atoms with Crippen LogP contribution >= 0.6 is 11.3 Å². The summed E-state index contributed by atoms with van der Waals surface area (Å²) >= 11 is 1.72. The Morgan fingerprint density at radius 3 is 2.39 bits per heavy atom. The van der Waals surface area contributed by atoms with Crippen LogP contribution in [0, 0.1) is 20.8 Å². The maximum atomic E-state index is 9.71. The minimum atomic E-state index is 0.400. The molecule has 0 bridgehead atoms. The van der Waals surface area contributed by atoms with Crippen molar-refractivity contribution in [3.05, 3.63) is 44.9 Å². The van der Waals surface area contributed by atoms with Gasteiger partial charge in [0.2, 0.25) is 0 Å².